The summed E-state index contributed by atoms with van der Waals surface area (Å²) in [5.41, 5.74) is 2.37. The van der Waals surface area contributed by atoms with E-state index in [1.165, 1.54) is 6.08 Å². The Morgan fingerprint density at radius 3 is 2.93 bits per heavy atom. The van der Waals surface area contributed by atoms with Gasteiger partial charge in [0.1, 0.15) is 11.0 Å². The number of hydrogen-bond acceptors (Lipinski definition) is 4. The van der Waals surface area contributed by atoms with Gasteiger partial charge in [0.25, 0.3) is 0 Å². The number of halogens is 1. The summed E-state index contributed by atoms with van der Waals surface area (Å²) in [6.45, 7) is 7.31. The highest BCUT2D eigenvalue weighted by atomic mass is 35.5. The number of carbonyl (C=O) groups excluding carboxylic acids is 1. The third-order valence-electron chi connectivity index (χ3n) is 4.08. The molecule has 0 unspecified atom stereocenters. The van der Waals surface area contributed by atoms with Crippen molar-refractivity contribution in [3.8, 4) is 0 Å². The molecule has 0 aromatic carbocycles. The zero-order valence-corrected chi connectivity index (χ0v) is 16.4. The van der Waals surface area contributed by atoms with Crippen LogP contribution >= 0.6 is 11.6 Å². The molecule has 0 radical (unpaired) electrons. The molecule has 1 N–H and O–H groups in total. The molecule has 142 valence electrons. The molecule has 0 aliphatic rings. The Bertz CT molecular complexity index is 972. The Kier molecular flexibility index (Phi) is 5.91. The molecule has 3 aromatic heterocycles. The molecule has 0 saturated carbocycles. The number of fused-ring (bicyclic) bond motifs is 1. The summed E-state index contributed by atoms with van der Waals surface area (Å²) in [4.78, 5) is 12.1. The van der Waals surface area contributed by atoms with Crippen LogP contribution in [0.5, 0.6) is 0 Å². The highest BCUT2D eigenvalue weighted by Gasteiger charge is 2.12. The van der Waals surface area contributed by atoms with Crippen molar-refractivity contribution >= 4 is 29.2 Å². The van der Waals surface area contributed by atoms with Crippen LogP contribution in [0, 0.1) is 12.8 Å². The largest absolute Gasteiger partial charge is 0.352 e. The molecule has 27 heavy (non-hydrogen) atoms. The predicted molar refractivity (Wildman–Crippen MR) is 106 cm³/mol. The Balaban J connectivity index is 1.57. The van der Waals surface area contributed by atoms with E-state index in [9.17, 15) is 4.79 Å². The van der Waals surface area contributed by atoms with Gasteiger partial charge in [-0.05, 0) is 31.1 Å². The fourth-order valence-electron chi connectivity index (χ4n) is 2.80. The van der Waals surface area contributed by atoms with Crippen molar-refractivity contribution < 1.29 is 4.79 Å². The topological polar surface area (TPSA) is 77.1 Å². The van der Waals surface area contributed by atoms with Crippen LogP contribution in [-0.4, -0.2) is 36.8 Å². The summed E-state index contributed by atoms with van der Waals surface area (Å²) in [7, 11) is 0. The first-order valence-corrected chi connectivity index (χ1v) is 9.31. The molecule has 0 fully saturated rings. The van der Waals surface area contributed by atoms with Crippen LogP contribution < -0.4 is 5.32 Å². The number of nitrogens with one attached hydrogen (secondary N) is 1. The van der Waals surface area contributed by atoms with Gasteiger partial charge >= 0.3 is 0 Å². The first kappa shape index (κ1) is 19.1. The number of aromatic nitrogens is 5. The number of pyridine rings is 1. The van der Waals surface area contributed by atoms with E-state index in [0.717, 1.165) is 29.3 Å². The van der Waals surface area contributed by atoms with Crippen molar-refractivity contribution in [1.29, 1.82) is 0 Å². The number of aryl methyl sites for hydroxylation is 1. The highest BCUT2D eigenvalue weighted by Crippen LogP contribution is 2.22. The van der Waals surface area contributed by atoms with Crippen molar-refractivity contribution in [1.82, 2.24) is 29.7 Å². The van der Waals surface area contributed by atoms with Gasteiger partial charge in [0.15, 0.2) is 5.65 Å². The van der Waals surface area contributed by atoms with Crippen LogP contribution in [0.15, 0.2) is 30.5 Å². The summed E-state index contributed by atoms with van der Waals surface area (Å²) in [6.07, 6.45) is 5.70. The molecular weight excluding hydrogens is 364 g/mol. The van der Waals surface area contributed by atoms with Crippen molar-refractivity contribution in [3.05, 3.63) is 52.7 Å². The van der Waals surface area contributed by atoms with Crippen LogP contribution in [0.2, 0.25) is 5.15 Å². The third kappa shape index (κ3) is 4.54. The van der Waals surface area contributed by atoms with Gasteiger partial charge in [-0.1, -0.05) is 31.5 Å². The minimum absolute atomic E-state index is 0.184. The molecule has 3 aromatic rings. The van der Waals surface area contributed by atoms with Crippen molar-refractivity contribution in [2.24, 2.45) is 5.92 Å². The fraction of sp³-hybridized carbons (Fsp3) is 0.368. The summed E-state index contributed by atoms with van der Waals surface area (Å²) >= 11 is 6.38. The molecule has 0 aliphatic heterocycles. The van der Waals surface area contributed by atoms with Gasteiger partial charge in [-0.2, -0.15) is 5.10 Å². The lowest BCUT2D eigenvalue weighted by atomic mass is 10.2. The maximum absolute atomic E-state index is 12.1. The van der Waals surface area contributed by atoms with Crippen LogP contribution in [0.1, 0.15) is 30.9 Å². The van der Waals surface area contributed by atoms with Gasteiger partial charge in [-0.25, -0.2) is 0 Å². The minimum Gasteiger partial charge on any atom is -0.352 e. The van der Waals surface area contributed by atoms with Gasteiger partial charge < -0.3 is 5.32 Å². The third-order valence-corrected chi connectivity index (χ3v) is 4.48. The lowest BCUT2D eigenvalue weighted by molar-refractivity contribution is -0.116. The average Bonchev–Trinajstić information content (AvgIpc) is 3.15. The molecule has 3 heterocycles. The lowest BCUT2D eigenvalue weighted by Gasteiger charge is -2.05. The summed E-state index contributed by atoms with van der Waals surface area (Å²) < 4.78 is 3.68. The zero-order valence-electron chi connectivity index (χ0n) is 15.7. The molecule has 3 rings (SSSR count). The van der Waals surface area contributed by atoms with Gasteiger partial charge in [0.2, 0.25) is 5.91 Å². The standard InChI is InChI=1S/C19H23ClN6O/c1-13(2)12-26-19(20)15(14(3)24-26)7-8-18(27)21-10-9-17-23-22-16-6-4-5-11-25(16)17/h4-8,11,13H,9-10,12H2,1-3H3,(H,21,27)/b8-7+. The SMILES string of the molecule is Cc1nn(CC(C)C)c(Cl)c1/C=C/C(=O)NCCc1nnc2ccccn12. The highest BCUT2D eigenvalue weighted by molar-refractivity contribution is 6.31. The van der Waals surface area contributed by atoms with Gasteiger partial charge in [-0.15, -0.1) is 10.2 Å². The normalized spacial score (nSPS) is 11.7. The van der Waals surface area contributed by atoms with Crippen LogP contribution in [0.25, 0.3) is 11.7 Å². The Morgan fingerprint density at radius 2 is 2.15 bits per heavy atom. The first-order chi connectivity index (χ1) is 13.0. The zero-order chi connectivity index (χ0) is 19.4. The number of hydrogen-bond donors (Lipinski definition) is 1. The predicted octanol–water partition coefficient (Wildman–Crippen LogP) is 2.92. The molecule has 0 atom stereocenters. The molecule has 0 aliphatic carbocycles. The van der Waals surface area contributed by atoms with E-state index in [1.54, 1.807) is 10.8 Å². The van der Waals surface area contributed by atoms with E-state index in [0.29, 0.717) is 24.0 Å². The Morgan fingerprint density at radius 1 is 1.33 bits per heavy atom. The molecule has 7 nitrogen and oxygen atoms in total. The van der Waals surface area contributed by atoms with Crippen LogP contribution in [0.3, 0.4) is 0 Å². The second kappa shape index (κ2) is 8.35. The van der Waals surface area contributed by atoms with Crippen molar-refractivity contribution in [2.45, 2.75) is 33.7 Å². The minimum atomic E-state index is -0.184. The van der Waals surface area contributed by atoms with Crippen LogP contribution in [-0.2, 0) is 17.8 Å². The van der Waals surface area contributed by atoms with Crippen molar-refractivity contribution in [3.63, 3.8) is 0 Å². The van der Waals surface area contributed by atoms with Crippen molar-refractivity contribution in [2.75, 3.05) is 6.54 Å². The number of carbonyl (C=O) groups is 1. The molecule has 0 bridgehead atoms. The molecule has 1 amide bonds. The van der Waals surface area contributed by atoms with Gasteiger partial charge in [0.05, 0.1) is 5.69 Å². The molecular formula is C19H23ClN6O. The van der Waals surface area contributed by atoms with E-state index in [2.05, 4.69) is 34.5 Å². The Labute approximate surface area is 163 Å². The molecule has 0 saturated heterocycles. The molecule has 0 spiro atoms. The van der Waals surface area contributed by atoms with E-state index in [-0.39, 0.29) is 5.91 Å². The number of rotatable bonds is 7. The lowest BCUT2D eigenvalue weighted by Crippen LogP contribution is -2.24. The van der Waals surface area contributed by atoms with Gasteiger partial charge in [0, 0.05) is 37.3 Å². The average molecular weight is 387 g/mol. The molecule has 8 heteroatoms. The maximum atomic E-state index is 12.1. The Hall–Kier alpha value is -2.67. The quantitative estimate of drug-likeness (QED) is 0.633. The maximum Gasteiger partial charge on any atom is 0.244 e. The monoisotopic (exact) mass is 386 g/mol. The number of nitrogens with zero attached hydrogens (tertiary/aromatic N) is 5. The van der Waals surface area contributed by atoms with Gasteiger partial charge in [-0.3, -0.25) is 13.9 Å². The summed E-state index contributed by atoms with van der Waals surface area (Å²) in [5, 5.41) is 16.1. The fourth-order valence-corrected chi connectivity index (χ4v) is 3.11. The number of amides is 1. The first-order valence-electron chi connectivity index (χ1n) is 8.93. The van der Waals surface area contributed by atoms with E-state index in [1.807, 2.05) is 35.7 Å². The summed E-state index contributed by atoms with van der Waals surface area (Å²) in [6, 6.07) is 5.73. The second-order valence-corrected chi connectivity index (χ2v) is 7.14. The summed E-state index contributed by atoms with van der Waals surface area (Å²) in [5.74, 6) is 1.06. The van der Waals surface area contributed by atoms with Crippen LogP contribution in [0.4, 0.5) is 0 Å². The van der Waals surface area contributed by atoms with E-state index >= 15 is 0 Å². The van der Waals surface area contributed by atoms with E-state index < -0.39 is 0 Å². The second-order valence-electron chi connectivity index (χ2n) is 6.79. The smallest absolute Gasteiger partial charge is 0.244 e. The van der Waals surface area contributed by atoms with E-state index in [4.69, 9.17) is 11.6 Å².